The first-order chi connectivity index (χ1) is 28.9. The van der Waals surface area contributed by atoms with Gasteiger partial charge in [0.25, 0.3) is 0 Å². The molecular weight excluding hydrogens is 869 g/mol. The molecule has 0 fully saturated rings. The van der Waals surface area contributed by atoms with Gasteiger partial charge in [-0.15, -0.1) is 0 Å². The zero-order chi connectivity index (χ0) is 48.1. The molecule has 4 unspecified atom stereocenters. The molecule has 0 aliphatic carbocycles. The minimum absolute atomic E-state index is 0.00569. The number of aliphatic hydroxyl groups excluding tert-OH is 3. The van der Waals surface area contributed by atoms with Gasteiger partial charge in [-0.1, -0.05) is 20.8 Å². The monoisotopic (exact) mass is 950 g/mol. The van der Waals surface area contributed by atoms with Crippen molar-refractivity contribution < 1.29 is 91.8 Å². The van der Waals surface area contributed by atoms with Gasteiger partial charge in [0.2, 0.25) is 0 Å². The molecule has 22 heteroatoms. The second kappa shape index (κ2) is 49.9. The molecule has 0 aromatic rings. The van der Waals surface area contributed by atoms with Gasteiger partial charge in [0.05, 0.1) is 95.0 Å². The smallest absolute Gasteiger partial charge is 0.152 e. The van der Waals surface area contributed by atoms with Crippen LogP contribution in [0.5, 0.6) is 0 Å². The number of ether oxygens (including phenoxy) is 6. The second-order valence-electron chi connectivity index (χ2n) is 13.7. The number of hydrogen-bond donors (Lipinski definition) is 7. The number of carbonyl (C=O) groups excluding carboxylic acids is 3. The van der Waals surface area contributed by atoms with E-state index < -0.39 is 38.9 Å². The van der Waals surface area contributed by atoms with Crippen molar-refractivity contribution in [3.8, 4) is 0 Å². The van der Waals surface area contributed by atoms with Crippen LogP contribution >= 0.6 is 11.8 Å². The Morgan fingerprint density at radius 3 is 1.36 bits per heavy atom. The van der Waals surface area contributed by atoms with E-state index in [9.17, 15) is 42.3 Å². The molecule has 0 aromatic heterocycles. The van der Waals surface area contributed by atoms with E-state index in [-0.39, 0.29) is 65.6 Å². The molecule has 0 aliphatic heterocycles. The highest BCUT2D eigenvalue weighted by Gasteiger charge is 2.21. The SMILES string of the molecule is CC[C@@H](CCS(=O)(=O)CC(O)COCCOC)C(C)=O.CC[C@@H](CCS(=O)CC(O)COCCOC)C(C)=O.CC[C@@H](CCSCC(O)COCCOC)C(C)=O.OO.OO. The molecule has 0 aromatic carbocycles. The lowest BCUT2D eigenvalue weighted by atomic mass is 10.00. The van der Waals surface area contributed by atoms with Crippen LogP contribution in [0.2, 0.25) is 0 Å². The van der Waals surface area contributed by atoms with E-state index in [0.29, 0.717) is 77.0 Å². The third-order valence-corrected chi connectivity index (χ3v) is 13.0. The van der Waals surface area contributed by atoms with Crippen molar-refractivity contribution in [3.63, 3.8) is 0 Å². The molecule has 370 valence electrons. The number of hydrogen-bond acceptors (Lipinski definition) is 20. The predicted octanol–water partition coefficient (Wildman–Crippen LogP) is 2.98. The van der Waals surface area contributed by atoms with Crippen LogP contribution in [0.15, 0.2) is 0 Å². The van der Waals surface area contributed by atoms with E-state index >= 15 is 0 Å². The summed E-state index contributed by atoms with van der Waals surface area (Å²) in [4.78, 5) is 33.7. The number of carbonyl (C=O) groups is 3. The molecule has 0 saturated heterocycles. The lowest BCUT2D eigenvalue weighted by Gasteiger charge is -2.14. The molecule has 7 atom stereocenters. The third kappa shape index (κ3) is 49.8. The fourth-order valence-electron chi connectivity index (χ4n) is 5.03. The molecule has 0 heterocycles. The maximum atomic E-state index is 11.8. The summed E-state index contributed by atoms with van der Waals surface area (Å²) in [5, 5.41) is 52.9. The van der Waals surface area contributed by atoms with Crippen LogP contribution in [0.4, 0.5) is 0 Å². The summed E-state index contributed by atoms with van der Waals surface area (Å²) in [6.45, 7) is 13.7. The van der Waals surface area contributed by atoms with Crippen LogP contribution in [-0.2, 0) is 63.4 Å². The molecule has 0 amide bonds. The third-order valence-electron chi connectivity index (χ3n) is 8.65. The number of Topliss-reactive ketones (excluding diaryl/α,β-unsaturated/α-hetero) is 3. The van der Waals surface area contributed by atoms with E-state index in [2.05, 4.69) is 0 Å². The Morgan fingerprint density at radius 2 is 0.967 bits per heavy atom. The molecule has 0 saturated carbocycles. The van der Waals surface area contributed by atoms with Crippen molar-refractivity contribution in [2.24, 2.45) is 17.8 Å². The number of sulfone groups is 1. The Bertz CT molecular complexity index is 1120. The number of rotatable bonds is 36. The minimum atomic E-state index is -3.38. The first kappa shape index (κ1) is 69.0. The fourth-order valence-corrected chi connectivity index (χ4v) is 8.75. The van der Waals surface area contributed by atoms with E-state index in [1.807, 2.05) is 20.8 Å². The standard InChI is InChI=1S/C13H26O6S.C13H26O5S.C13H26O4S.2H2O2/c1-4-12(11(2)14)5-8-20(16,17)10-13(15)9-19-7-6-18-3;1-4-12(11(2)14)5-8-19(16)10-13(15)9-18-7-6-17-3;1-4-12(11(2)14)5-8-18-10-13(15)9-17-7-6-16-3;2*1-2/h12-13,15H,4-10H2,1-3H3;12-13,15H,4-10H2,1-3H3;12-13,15H,4-10H2,1-3H3;2*1-2H/t12-,13?;12-,13?,19?;12-,13?;;/m000../s1. The van der Waals surface area contributed by atoms with Crippen LogP contribution in [0.25, 0.3) is 0 Å². The van der Waals surface area contributed by atoms with Crippen molar-refractivity contribution in [2.75, 3.05) is 115 Å². The Morgan fingerprint density at radius 1 is 0.590 bits per heavy atom. The van der Waals surface area contributed by atoms with Gasteiger partial charge in [-0.05, 0) is 65.0 Å². The van der Waals surface area contributed by atoms with Crippen LogP contribution in [0.1, 0.15) is 80.1 Å². The minimum Gasteiger partial charge on any atom is -0.390 e. The maximum absolute atomic E-state index is 11.8. The summed E-state index contributed by atoms with van der Waals surface area (Å²) in [5.41, 5.74) is 0. The van der Waals surface area contributed by atoms with Crippen LogP contribution in [-0.4, -0.2) is 200 Å². The van der Waals surface area contributed by atoms with E-state index in [0.717, 1.165) is 25.0 Å². The van der Waals surface area contributed by atoms with Gasteiger partial charge in [0.15, 0.2) is 9.84 Å². The van der Waals surface area contributed by atoms with Gasteiger partial charge in [0.1, 0.15) is 17.3 Å². The summed E-state index contributed by atoms with van der Waals surface area (Å²) in [7, 11) is 0.243. The molecular formula is C39H82O19S3. The quantitative estimate of drug-likeness (QED) is 0.0270. The predicted molar refractivity (Wildman–Crippen MR) is 238 cm³/mol. The van der Waals surface area contributed by atoms with Gasteiger partial charge in [-0.3, -0.25) is 39.6 Å². The number of thioether (sulfide) groups is 1. The van der Waals surface area contributed by atoms with Crippen LogP contribution in [0.3, 0.4) is 0 Å². The highest BCUT2D eigenvalue weighted by Crippen LogP contribution is 2.15. The molecule has 0 spiro atoms. The van der Waals surface area contributed by atoms with Crippen molar-refractivity contribution in [3.05, 3.63) is 0 Å². The molecule has 0 bridgehead atoms. The van der Waals surface area contributed by atoms with E-state index in [1.54, 1.807) is 39.8 Å². The number of ketones is 3. The Labute approximate surface area is 371 Å². The van der Waals surface area contributed by atoms with Gasteiger partial charge in [-0.2, -0.15) is 11.8 Å². The van der Waals surface area contributed by atoms with E-state index in [4.69, 9.17) is 49.5 Å². The first-order valence-corrected chi connectivity index (χ1v) is 24.7. The van der Waals surface area contributed by atoms with E-state index in [1.165, 1.54) is 14.0 Å². The number of methoxy groups -OCH3 is 3. The Kier molecular flexibility index (Phi) is 56.5. The normalized spacial score (nSPS) is 14.4. The van der Waals surface area contributed by atoms with Crippen molar-refractivity contribution in [1.29, 1.82) is 0 Å². The van der Waals surface area contributed by atoms with Gasteiger partial charge < -0.3 is 43.7 Å². The first-order valence-electron chi connectivity index (χ1n) is 20.2. The zero-order valence-corrected chi connectivity index (χ0v) is 40.5. The highest BCUT2D eigenvalue weighted by molar-refractivity contribution is 7.99. The van der Waals surface area contributed by atoms with Crippen molar-refractivity contribution in [1.82, 2.24) is 0 Å². The summed E-state index contributed by atoms with van der Waals surface area (Å²) < 4.78 is 65.3. The van der Waals surface area contributed by atoms with Gasteiger partial charge in [0, 0.05) is 61.4 Å². The van der Waals surface area contributed by atoms with Crippen molar-refractivity contribution in [2.45, 2.75) is 98.4 Å². The number of aliphatic hydroxyl groups is 3. The maximum Gasteiger partial charge on any atom is 0.152 e. The molecule has 0 radical (unpaired) electrons. The highest BCUT2D eigenvalue weighted by atomic mass is 32.2. The van der Waals surface area contributed by atoms with Crippen molar-refractivity contribution >= 4 is 49.7 Å². The lowest BCUT2D eigenvalue weighted by molar-refractivity contribution is -0.176. The Hall–Kier alpha value is -1.06. The average Bonchev–Trinajstić information content (AvgIpc) is 3.21. The van der Waals surface area contributed by atoms with Gasteiger partial charge >= 0.3 is 0 Å². The fraction of sp³-hybridized carbons (Fsp3) is 0.923. The molecule has 0 rings (SSSR count). The molecule has 61 heavy (non-hydrogen) atoms. The molecule has 7 N–H and O–H groups in total. The topological polar surface area (TPSA) is 299 Å². The lowest BCUT2D eigenvalue weighted by Crippen LogP contribution is -2.28. The molecule has 0 aliphatic rings. The zero-order valence-electron chi connectivity index (χ0n) is 38.1. The van der Waals surface area contributed by atoms with Crippen LogP contribution in [0, 0.1) is 17.8 Å². The summed E-state index contributed by atoms with van der Waals surface area (Å²) in [6, 6.07) is 0. The summed E-state index contributed by atoms with van der Waals surface area (Å²) >= 11 is 1.67. The summed E-state index contributed by atoms with van der Waals surface area (Å²) in [6.07, 6.45) is 1.92. The largest absolute Gasteiger partial charge is 0.390 e. The average molecular weight is 951 g/mol. The molecule has 19 nitrogen and oxygen atoms in total. The van der Waals surface area contributed by atoms with Crippen LogP contribution < -0.4 is 0 Å². The van der Waals surface area contributed by atoms with Gasteiger partial charge in [-0.25, -0.2) is 8.42 Å². The second-order valence-corrected chi connectivity index (χ2v) is 18.7. The Balaban J connectivity index is -0.000000247. The summed E-state index contributed by atoms with van der Waals surface area (Å²) in [5.74, 6) is 2.14.